The number of likely N-dealkylation sites (tertiary alicyclic amines) is 1. The summed E-state index contributed by atoms with van der Waals surface area (Å²) in [4.78, 5) is 29.4. The van der Waals surface area contributed by atoms with Crippen LogP contribution in [0.2, 0.25) is 0 Å². The van der Waals surface area contributed by atoms with Crippen LogP contribution in [0.3, 0.4) is 0 Å². The molecule has 3 heterocycles. The van der Waals surface area contributed by atoms with Gasteiger partial charge in [0, 0.05) is 74.5 Å². The lowest BCUT2D eigenvalue weighted by atomic mass is 9.91. The standard InChI is InChI=1S/C33H39N3O3/c1-24-29-10-3-4-11-30(29)36(20-7-21-39-2)33(24)28-9-6-19-35(23-28)32(38)12-5-8-25-13-15-26(16-14-25)27-17-18-31(37)34-22-27/h3-4,10-11,13-18,22,28H,5-9,12,19-21,23H2,1-2H3,(H,34,37). The summed E-state index contributed by atoms with van der Waals surface area (Å²) in [5, 5.41) is 1.32. The number of aromatic nitrogens is 2. The second kappa shape index (κ2) is 12.5. The molecular formula is C33H39N3O3. The largest absolute Gasteiger partial charge is 0.385 e. The number of nitrogens with one attached hydrogen (secondary N) is 1. The maximum atomic E-state index is 13.3. The molecule has 6 heteroatoms. The zero-order valence-corrected chi connectivity index (χ0v) is 23.1. The molecule has 1 N–H and O–H groups in total. The number of aryl methyl sites for hydroxylation is 3. The number of amides is 1. The summed E-state index contributed by atoms with van der Waals surface area (Å²) < 4.78 is 7.82. The van der Waals surface area contributed by atoms with Crippen LogP contribution in [0.1, 0.15) is 54.8 Å². The molecule has 5 rings (SSSR count). The molecule has 2 aromatic heterocycles. The van der Waals surface area contributed by atoms with Crippen LogP contribution < -0.4 is 5.56 Å². The van der Waals surface area contributed by atoms with E-state index in [4.69, 9.17) is 4.74 Å². The highest BCUT2D eigenvalue weighted by Gasteiger charge is 2.29. The van der Waals surface area contributed by atoms with Crippen LogP contribution in [-0.4, -0.2) is 47.2 Å². The molecule has 0 saturated carbocycles. The number of carbonyl (C=O) groups excluding carboxylic acids is 1. The first kappa shape index (κ1) is 26.9. The molecule has 6 nitrogen and oxygen atoms in total. The number of piperidine rings is 1. The zero-order chi connectivity index (χ0) is 27.2. The number of hydrogen-bond acceptors (Lipinski definition) is 3. The fourth-order valence-corrected chi connectivity index (χ4v) is 6.11. The van der Waals surface area contributed by atoms with Crippen molar-refractivity contribution in [1.29, 1.82) is 0 Å². The van der Waals surface area contributed by atoms with Gasteiger partial charge in [-0.3, -0.25) is 9.59 Å². The smallest absolute Gasteiger partial charge is 0.247 e. The monoisotopic (exact) mass is 525 g/mol. The van der Waals surface area contributed by atoms with Crippen LogP contribution in [-0.2, 0) is 22.5 Å². The summed E-state index contributed by atoms with van der Waals surface area (Å²) in [5.41, 5.74) is 7.23. The second-order valence-electron chi connectivity index (χ2n) is 10.7. The van der Waals surface area contributed by atoms with Crippen LogP contribution in [0.4, 0.5) is 0 Å². The summed E-state index contributed by atoms with van der Waals surface area (Å²) in [5.74, 6) is 0.627. The molecule has 1 fully saturated rings. The van der Waals surface area contributed by atoms with E-state index in [1.165, 1.54) is 27.7 Å². The van der Waals surface area contributed by atoms with Crippen molar-refractivity contribution in [2.24, 2.45) is 0 Å². The van der Waals surface area contributed by atoms with E-state index in [-0.39, 0.29) is 11.5 Å². The van der Waals surface area contributed by atoms with Crippen molar-refractivity contribution in [3.8, 4) is 11.1 Å². The van der Waals surface area contributed by atoms with Crippen molar-refractivity contribution < 1.29 is 9.53 Å². The Hall–Kier alpha value is -3.64. The highest BCUT2D eigenvalue weighted by Crippen LogP contribution is 2.36. The number of methoxy groups -OCH3 is 1. The van der Waals surface area contributed by atoms with Crippen molar-refractivity contribution >= 4 is 16.8 Å². The van der Waals surface area contributed by atoms with E-state index in [2.05, 4.69) is 69.9 Å². The number of hydrogen-bond donors (Lipinski definition) is 1. The average Bonchev–Trinajstić information content (AvgIpc) is 3.25. The highest BCUT2D eigenvalue weighted by molar-refractivity contribution is 5.85. The lowest BCUT2D eigenvalue weighted by molar-refractivity contribution is -0.132. The molecular weight excluding hydrogens is 486 g/mol. The predicted octanol–water partition coefficient (Wildman–Crippen LogP) is 6.07. The topological polar surface area (TPSA) is 67.3 Å². The minimum Gasteiger partial charge on any atom is -0.385 e. The van der Waals surface area contributed by atoms with Gasteiger partial charge in [0.2, 0.25) is 11.5 Å². The highest BCUT2D eigenvalue weighted by atomic mass is 16.5. The number of para-hydroxylation sites is 1. The molecule has 1 aliphatic heterocycles. The maximum Gasteiger partial charge on any atom is 0.247 e. The average molecular weight is 526 g/mol. The third kappa shape index (κ3) is 6.17. The maximum absolute atomic E-state index is 13.3. The Morgan fingerprint density at radius 3 is 2.59 bits per heavy atom. The van der Waals surface area contributed by atoms with Crippen molar-refractivity contribution in [1.82, 2.24) is 14.5 Å². The van der Waals surface area contributed by atoms with Gasteiger partial charge in [0.1, 0.15) is 0 Å². The summed E-state index contributed by atoms with van der Waals surface area (Å²) in [6.07, 6.45) is 7.17. The molecule has 39 heavy (non-hydrogen) atoms. The molecule has 1 saturated heterocycles. The number of rotatable bonds is 10. The van der Waals surface area contributed by atoms with Crippen LogP contribution in [0.15, 0.2) is 71.7 Å². The first-order valence-corrected chi connectivity index (χ1v) is 14.2. The number of H-pyrrole nitrogens is 1. The third-order valence-electron chi connectivity index (χ3n) is 8.09. The lowest BCUT2D eigenvalue weighted by Crippen LogP contribution is -2.39. The van der Waals surface area contributed by atoms with Crippen LogP contribution in [0, 0.1) is 6.92 Å². The van der Waals surface area contributed by atoms with Gasteiger partial charge in [-0.1, -0.05) is 42.5 Å². The van der Waals surface area contributed by atoms with Crippen molar-refractivity contribution in [3.63, 3.8) is 0 Å². The molecule has 2 aromatic carbocycles. The third-order valence-corrected chi connectivity index (χ3v) is 8.09. The fraction of sp³-hybridized carbons (Fsp3) is 0.394. The summed E-state index contributed by atoms with van der Waals surface area (Å²) in [7, 11) is 1.76. The van der Waals surface area contributed by atoms with E-state index in [0.29, 0.717) is 12.3 Å². The van der Waals surface area contributed by atoms with E-state index in [1.54, 1.807) is 19.4 Å². The fourth-order valence-electron chi connectivity index (χ4n) is 6.11. The number of benzene rings is 2. The minimum atomic E-state index is -0.0975. The van der Waals surface area contributed by atoms with Gasteiger partial charge in [-0.15, -0.1) is 0 Å². The number of pyridine rings is 1. The molecule has 0 radical (unpaired) electrons. The number of aromatic amines is 1. The van der Waals surface area contributed by atoms with E-state index >= 15 is 0 Å². The SMILES string of the molecule is COCCCn1c(C2CCCN(C(=O)CCCc3ccc(-c4ccc(=O)[nH]c4)cc3)C2)c(C)c2ccccc21. The molecule has 1 atom stereocenters. The molecule has 4 aromatic rings. The van der Waals surface area contributed by atoms with Crippen LogP contribution in [0.25, 0.3) is 22.0 Å². The Morgan fingerprint density at radius 2 is 1.82 bits per heavy atom. The first-order chi connectivity index (χ1) is 19.0. The summed E-state index contributed by atoms with van der Waals surface area (Å²) in [6, 6.07) is 20.4. The van der Waals surface area contributed by atoms with Gasteiger partial charge in [0.25, 0.3) is 0 Å². The van der Waals surface area contributed by atoms with Crippen LogP contribution >= 0.6 is 0 Å². The quantitative estimate of drug-likeness (QED) is 0.256. The van der Waals surface area contributed by atoms with Crippen molar-refractivity contribution in [2.75, 3.05) is 26.8 Å². The van der Waals surface area contributed by atoms with Crippen molar-refractivity contribution in [3.05, 3.63) is 94.0 Å². The molecule has 0 bridgehead atoms. The van der Waals surface area contributed by atoms with Gasteiger partial charge in [0.15, 0.2) is 0 Å². The van der Waals surface area contributed by atoms with E-state index in [9.17, 15) is 9.59 Å². The number of fused-ring (bicyclic) bond motifs is 1. The van der Waals surface area contributed by atoms with Gasteiger partial charge < -0.3 is 19.2 Å². The summed E-state index contributed by atoms with van der Waals surface area (Å²) >= 11 is 0. The van der Waals surface area contributed by atoms with Crippen LogP contribution in [0.5, 0.6) is 0 Å². The molecule has 0 aliphatic carbocycles. The number of nitrogens with zero attached hydrogens (tertiary/aromatic N) is 2. The Bertz CT molecular complexity index is 1450. The second-order valence-corrected chi connectivity index (χ2v) is 10.7. The Kier molecular flexibility index (Phi) is 8.62. The Balaban J connectivity index is 1.21. The first-order valence-electron chi connectivity index (χ1n) is 14.2. The lowest BCUT2D eigenvalue weighted by Gasteiger charge is -2.34. The Morgan fingerprint density at radius 1 is 1.03 bits per heavy atom. The van der Waals surface area contributed by atoms with Gasteiger partial charge >= 0.3 is 0 Å². The predicted molar refractivity (Wildman–Crippen MR) is 157 cm³/mol. The van der Waals surface area contributed by atoms with E-state index in [1.807, 2.05) is 6.07 Å². The zero-order valence-electron chi connectivity index (χ0n) is 23.1. The van der Waals surface area contributed by atoms with Gasteiger partial charge in [0.05, 0.1) is 0 Å². The molecule has 1 aliphatic rings. The minimum absolute atomic E-state index is 0.0975. The molecule has 1 unspecified atom stereocenters. The normalized spacial score (nSPS) is 15.6. The summed E-state index contributed by atoms with van der Waals surface area (Å²) in [6.45, 7) is 5.58. The molecule has 1 amide bonds. The van der Waals surface area contributed by atoms with E-state index < -0.39 is 0 Å². The number of ether oxygens (including phenoxy) is 1. The Labute approximate surface area is 230 Å². The molecule has 0 spiro atoms. The van der Waals surface area contributed by atoms with Gasteiger partial charge in [-0.2, -0.15) is 0 Å². The number of carbonyl (C=O) groups is 1. The van der Waals surface area contributed by atoms with Crippen molar-refractivity contribution in [2.45, 2.75) is 57.9 Å². The van der Waals surface area contributed by atoms with Gasteiger partial charge in [-0.05, 0) is 73.4 Å². The van der Waals surface area contributed by atoms with Gasteiger partial charge in [-0.25, -0.2) is 0 Å². The molecule has 204 valence electrons. The van der Waals surface area contributed by atoms with E-state index in [0.717, 1.165) is 69.5 Å².